The molecule has 0 aliphatic heterocycles. The van der Waals surface area contributed by atoms with Crippen LogP contribution in [0.4, 0.5) is 14.9 Å². The van der Waals surface area contributed by atoms with Gasteiger partial charge in [-0.3, -0.25) is 0 Å². The SMILES string of the molecule is Cc1ccc(F)cc1NC(=O)N(C)CC(O)COCc1ccccc1. The topological polar surface area (TPSA) is 61.8 Å². The Hall–Kier alpha value is -2.44. The van der Waals surface area contributed by atoms with Gasteiger partial charge < -0.3 is 20.1 Å². The van der Waals surface area contributed by atoms with Gasteiger partial charge in [0.15, 0.2) is 0 Å². The second kappa shape index (κ2) is 9.15. The number of anilines is 1. The van der Waals surface area contributed by atoms with Crippen molar-refractivity contribution in [2.75, 3.05) is 25.5 Å². The Morgan fingerprint density at radius 1 is 1.28 bits per heavy atom. The zero-order chi connectivity index (χ0) is 18.2. The van der Waals surface area contributed by atoms with Crippen molar-refractivity contribution in [3.8, 4) is 0 Å². The quantitative estimate of drug-likeness (QED) is 0.809. The molecule has 2 rings (SSSR count). The van der Waals surface area contributed by atoms with E-state index in [-0.39, 0.29) is 13.2 Å². The highest BCUT2D eigenvalue weighted by molar-refractivity contribution is 5.89. The van der Waals surface area contributed by atoms with Crippen LogP contribution in [0.2, 0.25) is 0 Å². The normalized spacial score (nSPS) is 11.8. The van der Waals surface area contributed by atoms with Crippen LogP contribution in [0.3, 0.4) is 0 Å². The van der Waals surface area contributed by atoms with E-state index < -0.39 is 18.0 Å². The molecule has 0 saturated heterocycles. The fourth-order valence-corrected chi connectivity index (χ4v) is 2.28. The number of aryl methyl sites for hydroxylation is 1. The number of carbonyl (C=O) groups is 1. The molecule has 0 aliphatic rings. The summed E-state index contributed by atoms with van der Waals surface area (Å²) < 4.78 is 18.7. The molecule has 0 radical (unpaired) electrons. The van der Waals surface area contributed by atoms with E-state index in [1.54, 1.807) is 20.0 Å². The Morgan fingerprint density at radius 2 is 2.00 bits per heavy atom. The van der Waals surface area contributed by atoms with E-state index in [0.29, 0.717) is 12.3 Å². The maximum atomic E-state index is 13.3. The van der Waals surface area contributed by atoms with Crippen LogP contribution in [0.25, 0.3) is 0 Å². The van der Waals surface area contributed by atoms with Gasteiger partial charge in [0.25, 0.3) is 0 Å². The van der Waals surface area contributed by atoms with Crippen molar-refractivity contribution in [3.05, 3.63) is 65.5 Å². The van der Waals surface area contributed by atoms with Crippen molar-refractivity contribution in [1.29, 1.82) is 0 Å². The van der Waals surface area contributed by atoms with Gasteiger partial charge in [-0.25, -0.2) is 9.18 Å². The lowest BCUT2D eigenvalue weighted by molar-refractivity contribution is 0.0188. The van der Waals surface area contributed by atoms with E-state index in [4.69, 9.17) is 4.74 Å². The molecule has 1 atom stereocenters. The van der Waals surface area contributed by atoms with E-state index in [1.807, 2.05) is 30.3 Å². The molecule has 0 heterocycles. The average molecular weight is 346 g/mol. The molecular formula is C19H23FN2O3. The number of rotatable bonds is 7. The molecule has 134 valence electrons. The number of hydrogen-bond donors (Lipinski definition) is 2. The van der Waals surface area contributed by atoms with Gasteiger partial charge in [-0.1, -0.05) is 36.4 Å². The number of urea groups is 1. The summed E-state index contributed by atoms with van der Waals surface area (Å²) in [6, 6.07) is 13.4. The van der Waals surface area contributed by atoms with Crippen molar-refractivity contribution in [2.24, 2.45) is 0 Å². The largest absolute Gasteiger partial charge is 0.389 e. The van der Waals surface area contributed by atoms with E-state index in [9.17, 15) is 14.3 Å². The lowest BCUT2D eigenvalue weighted by Crippen LogP contribution is -2.39. The minimum Gasteiger partial charge on any atom is -0.389 e. The van der Waals surface area contributed by atoms with Crippen molar-refractivity contribution >= 4 is 11.7 Å². The van der Waals surface area contributed by atoms with Gasteiger partial charge in [-0.05, 0) is 30.2 Å². The van der Waals surface area contributed by atoms with E-state index in [2.05, 4.69) is 5.32 Å². The second-order valence-electron chi connectivity index (χ2n) is 5.92. The van der Waals surface area contributed by atoms with Crippen LogP contribution in [0.15, 0.2) is 48.5 Å². The number of aliphatic hydroxyl groups excluding tert-OH is 1. The first kappa shape index (κ1) is 18.9. The number of hydrogen-bond acceptors (Lipinski definition) is 3. The molecule has 0 spiro atoms. The molecular weight excluding hydrogens is 323 g/mol. The second-order valence-corrected chi connectivity index (χ2v) is 5.92. The van der Waals surface area contributed by atoms with Crippen molar-refractivity contribution < 1.29 is 19.0 Å². The van der Waals surface area contributed by atoms with Crippen LogP contribution in [0.5, 0.6) is 0 Å². The Labute approximate surface area is 147 Å². The molecule has 5 nitrogen and oxygen atoms in total. The van der Waals surface area contributed by atoms with Gasteiger partial charge in [0.05, 0.1) is 25.9 Å². The molecule has 2 amide bonds. The van der Waals surface area contributed by atoms with Crippen molar-refractivity contribution in [3.63, 3.8) is 0 Å². The van der Waals surface area contributed by atoms with E-state index in [1.165, 1.54) is 17.0 Å². The smallest absolute Gasteiger partial charge is 0.321 e. The lowest BCUT2D eigenvalue weighted by Gasteiger charge is -2.22. The maximum absolute atomic E-state index is 13.3. The minimum atomic E-state index is -0.812. The third-order valence-corrected chi connectivity index (χ3v) is 3.69. The highest BCUT2D eigenvalue weighted by Crippen LogP contribution is 2.16. The van der Waals surface area contributed by atoms with Crippen LogP contribution in [-0.4, -0.2) is 42.3 Å². The number of benzene rings is 2. The summed E-state index contributed by atoms with van der Waals surface area (Å²) in [5.41, 5.74) is 2.18. The molecule has 0 aromatic heterocycles. The number of likely N-dealkylation sites (N-methyl/N-ethyl adjacent to an activating group) is 1. The first-order valence-corrected chi connectivity index (χ1v) is 8.03. The summed E-state index contributed by atoms with van der Waals surface area (Å²) in [5.74, 6) is -0.419. The molecule has 0 aliphatic carbocycles. The molecule has 0 fully saturated rings. The molecule has 2 aromatic rings. The molecule has 2 N–H and O–H groups in total. The third kappa shape index (κ3) is 6.17. The summed E-state index contributed by atoms with van der Waals surface area (Å²) in [6.07, 6.45) is -0.812. The molecule has 1 unspecified atom stereocenters. The van der Waals surface area contributed by atoms with E-state index >= 15 is 0 Å². The maximum Gasteiger partial charge on any atom is 0.321 e. The predicted octanol–water partition coefficient (Wildman–Crippen LogP) is 3.18. The Balaban J connectivity index is 1.76. The van der Waals surface area contributed by atoms with E-state index in [0.717, 1.165) is 11.1 Å². The fourth-order valence-electron chi connectivity index (χ4n) is 2.28. The molecule has 25 heavy (non-hydrogen) atoms. The van der Waals surface area contributed by atoms with Gasteiger partial charge in [0.1, 0.15) is 5.82 Å². The van der Waals surface area contributed by atoms with Gasteiger partial charge in [-0.2, -0.15) is 0 Å². The van der Waals surface area contributed by atoms with Crippen molar-refractivity contribution in [1.82, 2.24) is 4.90 Å². The number of aliphatic hydroxyl groups is 1. The number of nitrogens with zero attached hydrogens (tertiary/aromatic N) is 1. The molecule has 2 aromatic carbocycles. The summed E-state index contributed by atoms with van der Waals surface area (Å²) in [5, 5.41) is 12.6. The zero-order valence-corrected chi connectivity index (χ0v) is 14.4. The van der Waals surface area contributed by atoms with Crippen LogP contribution in [0, 0.1) is 12.7 Å². The predicted molar refractivity (Wildman–Crippen MR) is 94.9 cm³/mol. The number of ether oxygens (including phenoxy) is 1. The number of nitrogens with one attached hydrogen (secondary N) is 1. The fraction of sp³-hybridized carbons (Fsp3) is 0.316. The van der Waals surface area contributed by atoms with Crippen LogP contribution >= 0.6 is 0 Å². The highest BCUT2D eigenvalue weighted by atomic mass is 19.1. The summed E-state index contributed by atoms with van der Waals surface area (Å²) in [4.78, 5) is 13.5. The summed E-state index contributed by atoms with van der Waals surface area (Å²) in [6.45, 7) is 2.40. The molecule has 0 saturated carbocycles. The first-order valence-electron chi connectivity index (χ1n) is 8.03. The number of amides is 2. The highest BCUT2D eigenvalue weighted by Gasteiger charge is 2.15. The Morgan fingerprint density at radius 3 is 2.72 bits per heavy atom. The van der Waals surface area contributed by atoms with Gasteiger partial charge in [-0.15, -0.1) is 0 Å². The summed E-state index contributed by atoms with van der Waals surface area (Å²) in [7, 11) is 1.56. The van der Waals surface area contributed by atoms with Crippen LogP contribution in [-0.2, 0) is 11.3 Å². The monoisotopic (exact) mass is 346 g/mol. The van der Waals surface area contributed by atoms with Crippen molar-refractivity contribution in [2.45, 2.75) is 19.6 Å². The lowest BCUT2D eigenvalue weighted by atomic mass is 10.2. The average Bonchev–Trinajstić information content (AvgIpc) is 2.59. The number of halogens is 1. The van der Waals surface area contributed by atoms with Gasteiger partial charge in [0.2, 0.25) is 0 Å². The number of carbonyl (C=O) groups excluding carboxylic acids is 1. The van der Waals surface area contributed by atoms with Gasteiger partial charge >= 0.3 is 6.03 Å². The summed E-state index contributed by atoms with van der Waals surface area (Å²) >= 11 is 0. The zero-order valence-electron chi connectivity index (χ0n) is 14.4. The minimum absolute atomic E-state index is 0.106. The first-order chi connectivity index (χ1) is 12.0. The van der Waals surface area contributed by atoms with Crippen LogP contribution in [0.1, 0.15) is 11.1 Å². The molecule has 0 bridgehead atoms. The Kier molecular flexibility index (Phi) is 6.91. The van der Waals surface area contributed by atoms with Gasteiger partial charge in [0, 0.05) is 12.7 Å². The molecule has 6 heteroatoms. The third-order valence-electron chi connectivity index (χ3n) is 3.69. The van der Waals surface area contributed by atoms with Crippen LogP contribution < -0.4 is 5.32 Å². The standard InChI is InChI=1S/C19H23FN2O3/c1-14-8-9-16(20)10-18(14)21-19(24)22(2)11-17(23)13-25-12-15-6-4-3-5-7-15/h3-10,17,23H,11-13H2,1-2H3,(H,21,24). The Bertz CT molecular complexity index is 694.